The first-order valence-corrected chi connectivity index (χ1v) is 6.80. The molecule has 2 rings (SSSR count). The van der Waals surface area contributed by atoms with Crippen molar-refractivity contribution in [2.75, 3.05) is 13.2 Å². The number of non-ortho nitro benzene ring substituents is 1. The number of benzene rings is 1. The van der Waals surface area contributed by atoms with Gasteiger partial charge >= 0.3 is 0 Å². The van der Waals surface area contributed by atoms with E-state index in [4.69, 9.17) is 0 Å². The van der Waals surface area contributed by atoms with Crippen LogP contribution in [0.1, 0.15) is 36.0 Å². The molecule has 6 nitrogen and oxygen atoms in total. The van der Waals surface area contributed by atoms with E-state index < -0.39 is 22.3 Å². The zero-order valence-electron chi connectivity index (χ0n) is 11.5. The fourth-order valence-corrected chi connectivity index (χ4v) is 2.68. The Morgan fingerprint density at radius 2 is 2.10 bits per heavy atom. The lowest BCUT2D eigenvalue weighted by atomic mass is 9.87. The van der Waals surface area contributed by atoms with Crippen LogP contribution in [0.4, 0.5) is 10.1 Å². The Balaban J connectivity index is 2.05. The summed E-state index contributed by atoms with van der Waals surface area (Å²) >= 11 is 0. The fraction of sp³-hybridized carbons (Fsp3) is 0.500. The highest BCUT2D eigenvalue weighted by Gasteiger charge is 2.33. The maximum Gasteiger partial charge on any atom is 0.272 e. The molecule has 0 heterocycles. The molecule has 1 aliphatic rings. The van der Waals surface area contributed by atoms with Crippen LogP contribution in [0.3, 0.4) is 0 Å². The van der Waals surface area contributed by atoms with Crippen LogP contribution >= 0.6 is 0 Å². The molecule has 0 saturated heterocycles. The number of hydrogen-bond donors (Lipinski definition) is 2. The third-order valence-electron chi connectivity index (χ3n) is 4.03. The molecule has 1 saturated carbocycles. The number of aliphatic hydroxyl groups excluding tert-OH is 1. The van der Waals surface area contributed by atoms with Crippen LogP contribution in [-0.2, 0) is 0 Å². The van der Waals surface area contributed by atoms with Gasteiger partial charge in [0.1, 0.15) is 5.82 Å². The highest BCUT2D eigenvalue weighted by atomic mass is 19.1. The third-order valence-corrected chi connectivity index (χ3v) is 4.03. The molecule has 114 valence electrons. The van der Waals surface area contributed by atoms with Gasteiger partial charge in [-0.25, -0.2) is 4.39 Å². The molecule has 1 aromatic rings. The monoisotopic (exact) mass is 296 g/mol. The maximum atomic E-state index is 13.7. The number of nitro groups is 1. The molecular formula is C14H17FN2O4. The number of carbonyl (C=O) groups excluding carboxylic acids is 1. The molecule has 0 aromatic heterocycles. The Labute approximate surface area is 121 Å². The van der Waals surface area contributed by atoms with Gasteiger partial charge in [-0.15, -0.1) is 0 Å². The first-order chi connectivity index (χ1) is 9.97. The van der Waals surface area contributed by atoms with Crippen LogP contribution < -0.4 is 5.32 Å². The van der Waals surface area contributed by atoms with Crippen molar-refractivity contribution in [3.8, 4) is 0 Å². The molecule has 0 atom stereocenters. The SMILES string of the molecule is O=C(NCC1(CO)CCCC1)c1ccc([N+](=O)[O-])cc1F. The van der Waals surface area contributed by atoms with Gasteiger partial charge in [-0.1, -0.05) is 12.8 Å². The van der Waals surface area contributed by atoms with Crippen molar-refractivity contribution < 1.29 is 19.2 Å². The van der Waals surface area contributed by atoms with E-state index in [9.17, 15) is 24.4 Å². The van der Waals surface area contributed by atoms with Crippen LogP contribution in [0, 0.1) is 21.3 Å². The summed E-state index contributed by atoms with van der Waals surface area (Å²) in [6, 6.07) is 2.92. The number of carbonyl (C=O) groups is 1. The van der Waals surface area contributed by atoms with E-state index in [0.29, 0.717) is 0 Å². The van der Waals surface area contributed by atoms with Crippen LogP contribution in [0.5, 0.6) is 0 Å². The Kier molecular flexibility index (Phi) is 4.52. The standard InChI is InChI=1S/C14H17FN2O4/c15-12-7-10(17(20)21)3-4-11(12)13(19)16-8-14(9-18)5-1-2-6-14/h3-4,7,18H,1-2,5-6,8-9H2,(H,16,19). The van der Waals surface area contributed by atoms with Gasteiger partial charge in [-0.3, -0.25) is 14.9 Å². The molecule has 1 fully saturated rings. The number of nitrogens with zero attached hydrogens (tertiary/aromatic N) is 1. The summed E-state index contributed by atoms with van der Waals surface area (Å²) in [7, 11) is 0. The molecule has 1 aromatic carbocycles. The topological polar surface area (TPSA) is 92.5 Å². The third kappa shape index (κ3) is 3.36. The summed E-state index contributed by atoms with van der Waals surface area (Å²) in [4.78, 5) is 21.8. The normalized spacial score (nSPS) is 16.7. The Hall–Kier alpha value is -2.02. The first-order valence-electron chi connectivity index (χ1n) is 6.80. The first kappa shape index (κ1) is 15.4. The molecule has 2 N–H and O–H groups in total. The van der Waals surface area contributed by atoms with Crippen molar-refractivity contribution in [1.29, 1.82) is 0 Å². The summed E-state index contributed by atoms with van der Waals surface area (Å²) in [5.74, 6) is -1.55. The molecular weight excluding hydrogens is 279 g/mol. The van der Waals surface area contributed by atoms with Crippen LogP contribution in [0.15, 0.2) is 18.2 Å². The second-order valence-corrected chi connectivity index (χ2v) is 5.47. The second-order valence-electron chi connectivity index (χ2n) is 5.47. The number of amides is 1. The lowest BCUT2D eigenvalue weighted by molar-refractivity contribution is -0.385. The van der Waals surface area contributed by atoms with Crippen molar-refractivity contribution in [3.63, 3.8) is 0 Å². The Morgan fingerprint density at radius 3 is 2.62 bits per heavy atom. The van der Waals surface area contributed by atoms with E-state index in [1.807, 2.05) is 0 Å². The minimum absolute atomic E-state index is 0.0178. The van der Waals surface area contributed by atoms with E-state index in [0.717, 1.165) is 43.9 Å². The number of rotatable bonds is 5. The molecule has 0 radical (unpaired) electrons. The van der Waals surface area contributed by atoms with Crippen molar-refractivity contribution in [2.24, 2.45) is 5.41 Å². The quantitative estimate of drug-likeness (QED) is 0.642. The number of nitro benzene ring substituents is 1. The van der Waals surface area contributed by atoms with Gasteiger partial charge in [0.2, 0.25) is 0 Å². The minimum atomic E-state index is -0.925. The zero-order chi connectivity index (χ0) is 15.5. The van der Waals surface area contributed by atoms with Gasteiger partial charge in [-0.05, 0) is 18.9 Å². The molecule has 0 spiro atoms. The van der Waals surface area contributed by atoms with Gasteiger partial charge in [-0.2, -0.15) is 0 Å². The lowest BCUT2D eigenvalue weighted by Crippen LogP contribution is -2.38. The van der Waals surface area contributed by atoms with E-state index in [2.05, 4.69) is 5.32 Å². The number of hydrogen-bond acceptors (Lipinski definition) is 4. The molecule has 1 amide bonds. The number of halogens is 1. The molecule has 1 aliphatic carbocycles. The van der Waals surface area contributed by atoms with E-state index in [1.54, 1.807) is 0 Å². The zero-order valence-corrected chi connectivity index (χ0v) is 11.5. The predicted molar refractivity (Wildman–Crippen MR) is 73.4 cm³/mol. The molecule has 0 bridgehead atoms. The minimum Gasteiger partial charge on any atom is -0.396 e. The smallest absolute Gasteiger partial charge is 0.272 e. The van der Waals surface area contributed by atoms with E-state index in [1.165, 1.54) is 0 Å². The summed E-state index contributed by atoms with van der Waals surface area (Å²) in [5.41, 5.74) is -0.953. The predicted octanol–water partition coefficient (Wildman–Crippen LogP) is 2.02. The Bertz CT molecular complexity index is 556. The fourth-order valence-electron chi connectivity index (χ4n) is 2.68. The highest BCUT2D eigenvalue weighted by molar-refractivity contribution is 5.94. The van der Waals surface area contributed by atoms with Crippen LogP contribution in [-0.4, -0.2) is 29.1 Å². The van der Waals surface area contributed by atoms with Crippen molar-refractivity contribution in [2.45, 2.75) is 25.7 Å². The summed E-state index contributed by atoms with van der Waals surface area (Å²) < 4.78 is 13.7. The van der Waals surface area contributed by atoms with E-state index in [-0.39, 0.29) is 24.1 Å². The Morgan fingerprint density at radius 1 is 1.43 bits per heavy atom. The second kappa shape index (κ2) is 6.17. The largest absolute Gasteiger partial charge is 0.396 e. The summed E-state index contributed by atoms with van der Waals surface area (Å²) in [5, 5.41) is 22.6. The van der Waals surface area contributed by atoms with Gasteiger partial charge in [0.25, 0.3) is 11.6 Å². The average molecular weight is 296 g/mol. The number of aliphatic hydroxyl groups is 1. The molecule has 7 heteroatoms. The average Bonchev–Trinajstić information content (AvgIpc) is 2.94. The van der Waals surface area contributed by atoms with Crippen molar-refractivity contribution in [3.05, 3.63) is 39.7 Å². The summed E-state index contributed by atoms with van der Waals surface area (Å²) in [6.45, 7) is 0.259. The molecule has 0 aliphatic heterocycles. The van der Waals surface area contributed by atoms with E-state index >= 15 is 0 Å². The van der Waals surface area contributed by atoms with Gasteiger partial charge in [0, 0.05) is 18.0 Å². The van der Waals surface area contributed by atoms with Gasteiger partial charge < -0.3 is 10.4 Å². The highest BCUT2D eigenvalue weighted by Crippen LogP contribution is 2.36. The van der Waals surface area contributed by atoms with Crippen molar-refractivity contribution in [1.82, 2.24) is 5.32 Å². The van der Waals surface area contributed by atoms with Gasteiger partial charge in [0.05, 0.1) is 23.2 Å². The molecule has 0 unspecified atom stereocenters. The van der Waals surface area contributed by atoms with Crippen LogP contribution in [0.25, 0.3) is 0 Å². The molecule has 21 heavy (non-hydrogen) atoms. The lowest BCUT2D eigenvalue weighted by Gasteiger charge is -2.26. The number of nitrogens with one attached hydrogen (secondary N) is 1. The summed E-state index contributed by atoms with van der Waals surface area (Å²) in [6.07, 6.45) is 3.66. The van der Waals surface area contributed by atoms with Crippen LogP contribution in [0.2, 0.25) is 0 Å². The maximum absolute atomic E-state index is 13.7. The van der Waals surface area contributed by atoms with Gasteiger partial charge in [0.15, 0.2) is 0 Å². The van der Waals surface area contributed by atoms with Crippen molar-refractivity contribution >= 4 is 11.6 Å².